The van der Waals surface area contributed by atoms with Crippen molar-refractivity contribution in [3.63, 3.8) is 0 Å². The highest BCUT2D eigenvalue weighted by Crippen LogP contribution is 2.64. The lowest BCUT2D eigenvalue weighted by Crippen LogP contribution is -2.74. The van der Waals surface area contributed by atoms with E-state index in [4.69, 9.17) is 0 Å². The molecule has 3 unspecified atom stereocenters. The van der Waals surface area contributed by atoms with Gasteiger partial charge in [-0.05, 0) is 35.7 Å². The maximum atomic E-state index is 10.4. The van der Waals surface area contributed by atoms with E-state index in [1.165, 1.54) is 11.1 Å². The number of hydrogen-bond donors (Lipinski definition) is 0. The number of hydrogen-bond acceptors (Lipinski definition) is 4. The summed E-state index contributed by atoms with van der Waals surface area (Å²) < 4.78 is 4.65. The molecule has 4 heterocycles. The Morgan fingerprint density at radius 1 is 0.721 bits per heavy atom. The SMILES string of the molecule is Cc1ccc2[n+](c1)C1C(CC13c1ccccc1-c1cc(-c4ccccc4)cc[n+]13)c1c(C#N)c(C#N)c(C#N)c(C#N)c1-2. The van der Waals surface area contributed by atoms with Crippen molar-refractivity contribution in [2.75, 3.05) is 0 Å². The fourth-order valence-corrected chi connectivity index (χ4v) is 7.94. The van der Waals surface area contributed by atoms with E-state index in [0.717, 1.165) is 28.1 Å². The van der Waals surface area contributed by atoms with Crippen molar-refractivity contribution in [2.45, 2.75) is 30.8 Å². The van der Waals surface area contributed by atoms with Gasteiger partial charge in [0, 0.05) is 35.7 Å². The van der Waals surface area contributed by atoms with E-state index in [-0.39, 0.29) is 34.2 Å². The van der Waals surface area contributed by atoms with Crippen LogP contribution in [0.3, 0.4) is 0 Å². The number of rotatable bonds is 1. The average Bonchev–Trinajstić information content (AvgIpc) is 3.34. The number of aryl methyl sites for hydroxylation is 1. The highest BCUT2D eigenvalue weighted by Gasteiger charge is 2.74. The predicted molar refractivity (Wildman–Crippen MR) is 157 cm³/mol. The highest BCUT2D eigenvalue weighted by atomic mass is 15.2. The molecule has 6 heteroatoms. The second-order valence-corrected chi connectivity index (χ2v) is 11.5. The molecule has 1 aliphatic carbocycles. The third kappa shape index (κ3) is 2.97. The van der Waals surface area contributed by atoms with Crippen molar-refractivity contribution in [3.8, 4) is 57.9 Å². The van der Waals surface area contributed by atoms with Crippen LogP contribution < -0.4 is 9.13 Å². The fraction of sp³-hybridized carbons (Fsp3) is 0.135. The summed E-state index contributed by atoms with van der Waals surface area (Å²) in [5.74, 6) is -0.142. The minimum absolute atomic E-state index is 0.00654. The zero-order chi connectivity index (χ0) is 29.5. The first-order valence-corrected chi connectivity index (χ1v) is 14.1. The molecular formula is C37H22N6+2. The number of nitriles is 4. The Morgan fingerprint density at radius 2 is 1.42 bits per heavy atom. The minimum Gasteiger partial charge on any atom is -0.192 e. The summed E-state index contributed by atoms with van der Waals surface area (Å²) in [5.41, 5.74) is 8.86. The normalized spacial score (nSPS) is 19.7. The number of aromatic nitrogens is 2. The van der Waals surface area contributed by atoms with Crippen molar-refractivity contribution in [3.05, 3.63) is 130 Å². The first-order valence-electron chi connectivity index (χ1n) is 14.1. The van der Waals surface area contributed by atoms with Gasteiger partial charge in [0.1, 0.15) is 24.3 Å². The molecular weight excluding hydrogens is 528 g/mol. The van der Waals surface area contributed by atoms with E-state index in [1.54, 1.807) is 0 Å². The molecule has 6 nitrogen and oxygen atoms in total. The third-order valence-electron chi connectivity index (χ3n) is 9.60. The molecule has 43 heavy (non-hydrogen) atoms. The summed E-state index contributed by atoms with van der Waals surface area (Å²) in [5, 5.41) is 40.9. The van der Waals surface area contributed by atoms with Gasteiger partial charge in [0.15, 0.2) is 12.4 Å². The Kier molecular flexibility index (Phi) is 5.00. The Hall–Kier alpha value is -6.08. The number of nitrogens with zero attached hydrogens (tertiary/aromatic N) is 6. The average molecular weight is 551 g/mol. The topological polar surface area (TPSA) is 103 Å². The zero-order valence-electron chi connectivity index (χ0n) is 23.2. The molecule has 1 saturated carbocycles. The molecule has 3 atom stereocenters. The highest BCUT2D eigenvalue weighted by molar-refractivity contribution is 5.82. The standard InChI is InChI=1S/C37H22N6/c1-22-11-12-32-35-30(20-41)28(18-39)27(17-38)29(19-40)34(35)26-16-37(36(26)42(32)21-22)31-10-6-5-9-25(31)33-15-24(13-14-43(33)37)23-7-3-2-4-8-23/h2-15,21,26,36H,16H2,1H3/q+2. The van der Waals surface area contributed by atoms with Crippen LogP contribution in [0.4, 0.5) is 0 Å². The molecule has 3 aromatic carbocycles. The molecule has 2 aliphatic heterocycles. The van der Waals surface area contributed by atoms with E-state index < -0.39 is 5.54 Å². The van der Waals surface area contributed by atoms with Gasteiger partial charge in [-0.25, -0.2) is 0 Å². The van der Waals surface area contributed by atoms with Crippen LogP contribution in [0.2, 0.25) is 0 Å². The second kappa shape index (κ2) is 8.71. The Labute approximate surface area is 248 Å². The van der Waals surface area contributed by atoms with Gasteiger partial charge in [0.2, 0.25) is 17.4 Å². The molecule has 198 valence electrons. The van der Waals surface area contributed by atoms with Crippen LogP contribution in [-0.2, 0) is 5.54 Å². The molecule has 5 aromatic rings. The molecule has 0 amide bonds. The van der Waals surface area contributed by atoms with Crippen LogP contribution in [-0.4, -0.2) is 0 Å². The van der Waals surface area contributed by atoms with Crippen LogP contribution >= 0.6 is 0 Å². The summed E-state index contributed by atoms with van der Waals surface area (Å²) in [7, 11) is 0. The molecule has 0 saturated heterocycles. The van der Waals surface area contributed by atoms with Crippen LogP contribution in [0.5, 0.6) is 0 Å². The summed E-state index contributed by atoms with van der Waals surface area (Å²) >= 11 is 0. The number of pyridine rings is 2. The van der Waals surface area contributed by atoms with Crippen molar-refractivity contribution >= 4 is 0 Å². The number of benzene rings is 3. The quantitative estimate of drug-likeness (QED) is 0.244. The van der Waals surface area contributed by atoms with E-state index in [9.17, 15) is 21.0 Å². The molecule has 0 radical (unpaired) electrons. The first-order chi connectivity index (χ1) is 21.1. The second-order valence-electron chi connectivity index (χ2n) is 11.5. The van der Waals surface area contributed by atoms with Crippen molar-refractivity contribution in [1.82, 2.24) is 0 Å². The molecule has 2 aromatic heterocycles. The van der Waals surface area contributed by atoms with Crippen LogP contribution in [0, 0.1) is 52.2 Å². The maximum absolute atomic E-state index is 10.4. The lowest BCUT2D eigenvalue weighted by molar-refractivity contribution is -0.852. The van der Waals surface area contributed by atoms with Crippen LogP contribution in [0.1, 0.15) is 57.3 Å². The number of fused-ring (bicyclic) bond motifs is 12. The predicted octanol–water partition coefficient (Wildman–Crippen LogP) is 5.86. The summed E-state index contributed by atoms with van der Waals surface area (Å²) in [6.07, 6.45) is 4.99. The zero-order valence-corrected chi connectivity index (χ0v) is 23.2. The van der Waals surface area contributed by atoms with Crippen molar-refractivity contribution < 1.29 is 9.13 Å². The summed E-state index contributed by atoms with van der Waals surface area (Å²) in [6, 6.07) is 35.8. The van der Waals surface area contributed by atoms with Gasteiger partial charge < -0.3 is 0 Å². The maximum Gasteiger partial charge on any atom is 0.256 e. The lowest BCUT2D eigenvalue weighted by atomic mass is 9.55. The smallest absolute Gasteiger partial charge is 0.192 e. The van der Waals surface area contributed by atoms with Crippen LogP contribution in [0.15, 0.2) is 91.3 Å². The summed E-state index contributed by atoms with van der Waals surface area (Å²) in [6.45, 7) is 2.05. The molecule has 0 bridgehead atoms. The molecule has 0 N–H and O–H groups in total. The molecule has 3 aliphatic rings. The lowest BCUT2D eigenvalue weighted by Gasteiger charge is -2.48. The Morgan fingerprint density at radius 3 is 2.16 bits per heavy atom. The first kappa shape index (κ1) is 24.7. The Bertz CT molecular complexity index is 2240. The fourth-order valence-electron chi connectivity index (χ4n) is 7.94. The van der Waals surface area contributed by atoms with Crippen molar-refractivity contribution in [2.24, 2.45) is 0 Å². The van der Waals surface area contributed by atoms with Crippen molar-refractivity contribution in [1.29, 1.82) is 21.0 Å². The van der Waals surface area contributed by atoms with E-state index >= 15 is 0 Å². The van der Waals surface area contributed by atoms with Gasteiger partial charge in [-0.3, -0.25) is 0 Å². The van der Waals surface area contributed by atoms with E-state index in [0.29, 0.717) is 17.5 Å². The molecule has 1 spiro atoms. The van der Waals surface area contributed by atoms with Gasteiger partial charge in [0.05, 0.1) is 39.3 Å². The summed E-state index contributed by atoms with van der Waals surface area (Å²) in [4.78, 5) is 0. The van der Waals surface area contributed by atoms with E-state index in [1.807, 2.05) is 37.3 Å². The third-order valence-corrected chi connectivity index (χ3v) is 9.60. The van der Waals surface area contributed by atoms with Crippen LogP contribution in [0.25, 0.3) is 33.6 Å². The van der Waals surface area contributed by atoms with Gasteiger partial charge in [0.25, 0.3) is 5.54 Å². The molecule has 1 fully saturated rings. The molecule has 8 rings (SSSR count). The van der Waals surface area contributed by atoms with Gasteiger partial charge >= 0.3 is 0 Å². The van der Waals surface area contributed by atoms with E-state index in [2.05, 4.69) is 94.3 Å². The Balaban J connectivity index is 1.44. The minimum atomic E-state index is -0.447. The van der Waals surface area contributed by atoms with Gasteiger partial charge in [-0.15, -0.1) is 0 Å². The largest absolute Gasteiger partial charge is 0.256 e. The van der Waals surface area contributed by atoms with Gasteiger partial charge in [-0.2, -0.15) is 30.2 Å². The monoisotopic (exact) mass is 550 g/mol. The van der Waals surface area contributed by atoms with Gasteiger partial charge in [-0.1, -0.05) is 48.5 Å².